The Morgan fingerprint density at radius 1 is 1.21 bits per heavy atom. The minimum absolute atomic E-state index is 0.397. The zero-order valence-electron chi connectivity index (χ0n) is 11.4. The van der Waals surface area contributed by atoms with Gasteiger partial charge in [0, 0.05) is 6.42 Å². The highest BCUT2D eigenvalue weighted by molar-refractivity contribution is 5.32. The van der Waals surface area contributed by atoms with Gasteiger partial charge in [-0.05, 0) is 44.0 Å². The van der Waals surface area contributed by atoms with Gasteiger partial charge in [0.1, 0.15) is 11.4 Å². The van der Waals surface area contributed by atoms with Crippen molar-refractivity contribution in [2.45, 2.75) is 32.8 Å². The van der Waals surface area contributed by atoms with E-state index < -0.39 is 11.4 Å². The van der Waals surface area contributed by atoms with Crippen LogP contribution in [0.5, 0.6) is 0 Å². The van der Waals surface area contributed by atoms with Gasteiger partial charge in [0.15, 0.2) is 0 Å². The molecule has 1 N–H and O–H groups in total. The summed E-state index contributed by atoms with van der Waals surface area (Å²) >= 11 is 0. The molecule has 3 heteroatoms. The topological polar surface area (TPSA) is 33.1 Å². The minimum atomic E-state index is -1.10. The van der Waals surface area contributed by atoms with E-state index in [0.29, 0.717) is 12.1 Å². The number of nitrogens with zero attached hydrogens (tertiary/aromatic N) is 1. The largest absolute Gasteiger partial charge is 0.383 e. The molecule has 0 radical (unpaired) electrons. The molecule has 0 amide bonds. The summed E-state index contributed by atoms with van der Waals surface area (Å²) in [6, 6.07) is 9.00. The van der Waals surface area contributed by atoms with Crippen LogP contribution in [0.2, 0.25) is 0 Å². The van der Waals surface area contributed by atoms with Crippen molar-refractivity contribution in [3.05, 3.63) is 64.7 Å². The van der Waals surface area contributed by atoms with Crippen LogP contribution in [-0.4, -0.2) is 10.1 Å². The first-order valence-corrected chi connectivity index (χ1v) is 6.29. The molecule has 0 fully saturated rings. The molecule has 1 heterocycles. The second-order valence-corrected chi connectivity index (χ2v) is 5.24. The third-order valence-electron chi connectivity index (χ3n) is 3.32. The first-order chi connectivity index (χ1) is 8.88. The quantitative estimate of drug-likeness (QED) is 0.917. The van der Waals surface area contributed by atoms with E-state index in [0.717, 1.165) is 22.9 Å². The highest BCUT2D eigenvalue weighted by Crippen LogP contribution is 2.25. The van der Waals surface area contributed by atoms with Gasteiger partial charge in [0.05, 0.1) is 11.9 Å². The maximum atomic E-state index is 12.9. The lowest BCUT2D eigenvalue weighted by molar-refractivity contribution is 0.0527. The molecule has 0 aliphatic heterocycles. The van der Waals surface area contributed by atoms with Gasteiger partial charge in [0.2, 0.25) is 0 Å². The summed E-state index contributed by atoms with van der Waals surface area (Å²) in [5, 5.41) is 10.6. The van der Waals surface area contributed by atoms with Gasteiger partial charge in [-0.15, -0.1) is 0 Å². The van der Waals surface area contributed by atoms with E-state index in [9.17, 15) is 9.50 Å². The average molecular weight is 259 g/mol. The van der Waals surface area contributed by atoms with Crippen LogP contribution in [0.1, 0.15) is 29.3 Å². The van der Waals surface area contributed by atoms with E-state index in [2.05, 4.69) is 11.1 Å². The Kier molecular flexibility index (Phi) is 3.67. The predicted octanol–water partition coefficient (Wildman–Crippen LogP) is 3.29. The van der Waals surface area contributed by atoms with Gasteiger partial charge >= 0.3 is 0 Å². The maximum absolute atomic E-state index is 12.9. The fraction of sp³-hybridized carbons (Fsp3) is 0.312. The third kappa shape index (κ3) is 3.18. The number of aryl methyl sites for hydroxylation is 2. The highest BCUT2D eigenvalue weighted by Gasteiger charge is 2.25. The van der Waals surface area contributed by atoms with E-state index in [1.807, 2.05) is 26.0 Å². The zero-order valence-corrected chi connectivity index (χ0v) is 11.4. The van der Waals surface area contributed by atoms with E-state index in [4.69, 9.17) is 0 Å². The fourth-order valence-electron chi connectivity index (χ4n) is 2.15. The number of benzene rings is 1. The number of pyridine rings is 1. The molecule has 100 valence electrons. The summed E-state index contributed by atoms with van der Waals surface area (Å²) in [6.45, 7) is 5.74. The summed E-state index contributed by atoms with van der Waals surface area (Å²) in [4.78, 5) is 3.97. The molecule has 0 saturated heterocycles. The molecule has 0 bridgehead atoms. The monoisotopic (exact) mass is 259 g/mol. The Morgan fingerprint density at radius 2 is 1.95 bits per heavy atom. The van der Waals surface area contributed by atoms with Gasteiger partial charge in [0.25, 0.3) is 0 Å². The Morgan fingerprint density at radius 3 is 2.58 bits per heavy atom. The van der Waals surface area contributed by atoms with Crippen molar-refractivity contribution in [3.63, 3.8) is 0 Å². The Hall–Kier alpha value is -1.74. The van der Waals surface area contributed by atoms with Gasteiger partial charge in [-0.2, -0.15) is 0 Å². The molecule has 1 aromatic carbocycles. The lowest BCUT2D eigenvalue weighted by atomic mass is 9.90. The molecular weight excluding hydrogens is 241 g/mol. The predicted molar refractivity (Wildman–Crippen MR) is 73.4 cm³/mol. The van der Waals surface area contributed by atoms with E-state index >= 15 is 0 Å². The molecule has 1 unspecified atom stereocenters. The highest BCUT2D eigenvalue weighted by atomic mass is 19.1. The van der Waals surface area contributed by atoms with Crippen LogP contribution in [0.4, 0.5) is 4.39 Å². The van der Waals surface area contributed by atoms with Crippen LogP contribution in [0.15, 0.2) is 36.5 Å². The van der Waals surface area contributed by atoms with E-state index in [1.54, 1.807) is 6.92 Å². The van der Waals surface area contributed by atoms with E-state index in [-0.39, 0.29) is 0 Å². The molecule has 2 rings (SSSR count). The number of aromatic nitrogens is 1. The van der Waals surface area contributed by atoms with Crippen molar-refractivity contribution in [1.82, 2.24) is 4.98 Å². The standard InChI is InChI=1S/C16H18FNO/c1-11-4-5-12(2)13(8-11)9-16(3,19)15-7-6-14(17)10-18-15/h4-8,10,19H,9H2,1-3H3. The molecule has 2 aromatic rings. The first-order valence-electron chi connectivity index (χ1n) is 6.29. The van der Waals surface area contributed by atoms with Crippen molar-refractivity contribution in [2.24, 2.45) is 0 Å². The van der Waals surface area contributed by atoms with Crippen LogP contribution < -0.4 is 0 Å². The average Bonchev–Trinajstić information content (AvgIpc) is 2.34. The van der Waals surface area contributed by atoms with Crippen LogP contribution in [0.3, 0.4) is 0 Å². The Bertz CT molecular complexity index is 576. The molecule has 0 aliphatic carbocycles. The first kappa shape index (κ1) is 13.7. The number of halogens is 1. The number of hydrogen-bond acceptors (Lipinski definition) is 2. The zero-order chi connectivity index (χ0) is 14.0. The number of rotatable bonds is 3. The SMILES string of the molecule is Cc1ccc(C)c(CC(C)(O)c2ccc(F)cn2)c1. The van der Waals surface area contributed by atoms with Crippen molar-refractivity contribution < 1.29 is 9.50 Å². The smallest absolute Gasteiger partial charge is 0.141 e. The second-order valence-electron chi connectivity index (χ2n) is 5.24. The molecule has 0 spiro atoms. The lowest BCUT2D eigenvalue weighted by Gasteiger charge is -2.24. The molecule has 19 heavy (non-hydrogen) atoms. The molecule has 2 nitrogen and oxygen atoms in total. The van der Waals surface area contributed by atoms with Crippen molar-refractivity contribution in [3.8, 4) is 0 Å². The van der Waals surface area contributed by atoms with Crippen LogP contribution in [-0.2, 0) is 12.0 Å². The summed E-state index contributed by atoms with van der Waals surface area (Å²) in [6.07, 6.45) is 1.59. The van der Waals surface area contributed by atoms with Gasteiger partial charge in [-0.25, -0.2) is 4.39 Å². The second kappa shape index (κ2) is 5.10. The summed E-state index contributed by atoms with van der Waals surface area (Å²) < 4.78 is 12.9. The summed E-state index contributed by atoms with van der Waals surface area (Å²) in [5.41, 5.74) is 2.74. The summed E-state index contributed by atoms with van der Waals surface area (Å²) in [7, 11) is 0. The van der Waals surface area contributed by atoms with Crippen molar-refractivity contribution in [1.29, 1.82) is 0 Å². The molecular formula is C16H18FNO. The Labute approximate surface area is 112 Å². The fourth-order valence-corrected chi connectivity index (χ4v) is 2.15. The minimum Gasteiger partial charge on any atom is -0.383 e. The van der Waals surface area contributed by atoms with E-state index in [1.165, 1.54) is 12.1 Å². The molecule has 0 saturated carbocycles. The Balaban J connectivity index is 2.30. The summed E-state index contributed by atoms with van der Waals surface area (Å²) in [5.74, 6) is -0.397. The van der Waals surface area contributed by atoms with Crippen LogP contribution in [0.25, 0.3) is 0 Å². The molecule has 1 atom stereocenters. The van der Waals surface area contributed by atoms with Gasteiger partial charge < -0.3 is 5.11 Å². The van der Waals surface area contributed by atoms with Crippen molar-refractivity contribution in [2.75, 3.05) is 0 Å². The molecule has 0 aliphatic rings. The number of hydrogen-bond donors (Lipinski definition) is 1. The molecule has 1 aromatic heterocycles. The van der Waals surface area contributed by atoms with Crippen molar-refractivity contribution >= 4 is 0 Å². The van der Waals surface area contributed by atoms with Crippen LogP contribution in [0, 0.1) is 19.7 Å². The normalized spacial score (nSPS) is 14.2. The lowest BCUT2D eigenvalue weighted by Crippen LogP contribution is -2.26. The van der Waals surface area contributed by atoms with Gasteiger partial charge in [-0.1, -0.05) is 23.8 Å². The maximum Gasteiger partial charge on any atom is 0.141 e. The van der Waals surface area contributed by atoms with Gasteiger partial charge in [-0.3, -0.25) is 4.98 Å². The van der Waals surface area contributed by atoms with Crippen LogP contribution >= 0.6 is 0 Å². The number of aliphatic hydroxyl groups is 1. The third-order valence-corrected chi connectivity index (χ3v) is 3.32.